The summed E-state index contributed by atoms with van der Waals surface area (Å²) in [7, 11) is 0. The highest BCUT2D eigenvalue weighted by Crippen LogP contribution is 2.30. The van der Waals surface area contributed by atoms with Crippen molar-refractivity contribution in [2.75, 3.05) is 39.3 Å². The van der Waals surface area contributed by atoms with Gasteiger partial charge in [-0.05, 0) is 49.9 Å². The fourth-order valence-corrected chi connectivity index (χ4v) is 3.30. The van der Waals surface area contributed by atoms with Crippen molar-refractivity contribution in [1.29, 1.82) is 0 Å². The zero-order valence-corrected chi connectivity index (χ0v) is 14.7. The maximum Gasteiger partial charge on any atom is 0.253 e. The number of ether oxygens (including phenoxy) is 1. The van der Waals surface area contributed by atoms with Gasteiger partial charge in [-0.25, -0.2) is 4.39 Å². The topological polar surface area (TPSA) is 53.0 Å². The second-order valence-corrected chi connectivity index (χ2v) is 7.26. The summed E-state index contributed by atoms with van der Waals surface area (Å²) in [4.78, 5) is 16.9. The molecular weight excluding hydrogens is 323 g/mol. The van der Waals surface area contributed by atoms with Crippen LogP contribution in [0.3, 0.4) is 0 Å². The Kier molecular flexibility index (Phi) is 6.04. The highest BCUT2D eigenvalue weighted by Gasteiger charge is 2.30. The molecule has 2 aliphatic rings. The molecule has 1 amide bonds. The molecule has 1 N–H and O–H groups in total. The van der Waals surface area contributed by atoms with E-state index in [-0.39, 0.29) is 23.9 Å². The lowest BCUT2D eigenvalue weighted by Crippen LogP contribution is -2.50. The van der Waals surface area contributed by atoms with Gasteiger partial charge in [-0.2, -0.15) is 0 Å². The molecule has 2 fully saturated rings. The van der Waals surface area contributed by atoms with Crippen molar-refractivity contribution in [1.82, 2.24) is 9.80 Å². The van der Waals surface area contributed by atoms with Crippen LogP contribution in [0.25, 0.3) is 0 Å². The third kappa shape index (κ3) is 5.49. The second kappa shape index (κ2) is 8.25. The van der Waals surface area contributed by atoms with E-state index >= 15 is 0 Å². The number of morpholine rings is 1. The average molecular weight is 350 g/mol. The van der Waals surface area contributed by atoms with Gasteiger partial charge in [0, 0.05) is 38.3 Å². The molecule has 6 heteroatoms. The number of carbonyl (C=O) groups excluding carboxylic acids is 1. The summed E-state index contributed by atoms with van der Waals surface area (Å²) in [6, 6.07) is 5.73. The molecule has 1 saturated heterocycles. The summed E-state index contributed by atoms with van der Waals surface area (Å²) in [6.45, 7) is 5.78. The largest absolute Gasteiger partial charge is 0.392 e. The maximum atomic E-state index is 13.1. The van der Waals surface area contributed by atoms with E-state index < -0.39 is 0 Å². The molecule has 1 aromatic rings. The molecule has 1 aromatic carbocycles. The molecular formula is C19H27FN2O3. The Morgan fingerprint density at radius 1 is 1.36 bits per heavy atom. The lowest BCUT2D eigenvalue weighted by molar-refractivity contribution is -0.0493. The van der Waals surface area contributed by atoms with Crippen LogP contribution in [-0.2, 0) is 4.74 Å². The quantitative estimate of drug-likeness (QED) is 0.814. The van der Waals surface area contributed by atoms with Crippen LogP contribution in [0.5, 0.6) is 0 Å². The lowest BCUT2D eigenvalue weighted by atomic mass is 10.1. The van der Waals surface area contributed by atoms with Crippen molar-refractivity contribution in [3.05, 3.63) is 35.6 Å². The molecule has 1 aliphatic carbocycles. The number of hydrogen-bond donors (Lipinski definition) is 1. The van der Waals surface area contributed by atoms with Gasteiger partial charge in [0.1, 0.15) is 5.82 Å². The zero-order valence-electron chi connectivity index (χ0n) is 14.7. The minimum atomic E-state index is -0.373. The monoisotopic (exact) mass is 350 g/mol. The van der Waals surface area contributed by atoms with E-state index in [4.69, 9.17) is 4.74 Å². The third-order valence-electron chi connectivity index (χ3n) is 4.72. The highest BCUT2D eigenvalue weighted by atomic mass is 19.1. The van der Waals surface area contributed by atoms with Gasteiger partial charge in [0.15, 0.2) is 0 Å². The van der Waals surface area contributed by atoms with Gasteiger partial charge in [-0.15, -0.1) is 0 Å². The third-order valence-corrected chi connectivity index (χ3v) is 4.72. The van der Waals surface area contributed by atoms with Gasteiger partial charge in [-0.1, -0.05) is 0 Å². The van der Waals surface area contributed by atoms with Crippen molar-refractivity contribution in [2.45, 2.75) is 32.0 Å². The summed E-state index contributed by atoms with van der Waals surface area (Å²) < 4.78 is 19.0. The Bertz CT molecular complexity index is 575. The van der Waals surface area contributed by atoms with Gasteiger partial charge in [0.25, 0.3) is 5.91 Å². The Labute approximate surface area is 148 Å². The molecule has 0 bridgehead atoms. The molecule has 1 heterocycles. The van der Waals surface area contributed by atoms with Crippen LogP contribution in [0.15, 0.2) is 24.3 Å². The van der Waals surface area contributed by atoms with Gasteiger partial charge >= 0.3 is 0 Å². The molecule has 1 aliphatic heterocycles. The second-order valence-electron chi connectivity index (χ2n) is 7.26. The molecule has 2 unspecified atom stereocenters. The number of aliphatic hydroxyl groups is 1. The number of nitrogens with zero attached hydrogens (tertiary/aromatic N) is 2. The summed E-state index contributed by atoms with van der Waals surface area (Å²) in [5, 5.41) is 9.58. The molecule has 1 saturated carbocycles. The van der Waals surface area contributed by atoms with Gasteiger partial charge in [0.2, 0.25) is 0 Å². The number of amides is 1. The van der Waals surface area contributed by atoms with Crippen molar-refractivity contribution >= 4 is 5.91 Å². The standard InChI is InChI=1S/C19H27FN2O3/c1-14(23)10-21-8-9-25-18(12-21)13-22(11-15-2-3-15)19(24)16-4-6-17(20)7-5-16/h4-7,14-15,18,23H,2-3,8-13H2,1H3. The number of benzene rings is 1. The van der Waals surface area contributed by atoms with Gasteiger partial charge in [-0.3, -0.25) is 9.69 Å². The van der Waals surface area contributed by atoms with Crippen molar-refractivity contribution < 1.29 is 19.0 Å². The van der Waals surface area contributed by atoms with Crippen LogP contribution >= 0.6 is 0 Å². The fraction of sp³-hybridized carbons (Fsp3) is 0.632. The van der Waals surface area contributed by atoms with Crippen LogP contribution in [0.2, 0.25) is 0 Å². The first-order valence-electron chi connectivity index (χ1n) is 9.08. The number of rotatable bonds is 7. The summed E-state index contributed by atoms with van der Waals surface area (Å²) in [6.07, 6.45) is 1.89. The van der Waals surface area contributed by atoms with Crippen LogP contribution in [0.1, 0.15) is 30.1 Å². The van der Waals surface area contributed by atoms with Gasteiger partial charge in [0.05, 0.1) is 18.8 Å². The molecule has 5 nitrogen and oxygen atoms in total. The van der Waals surface area contributed by atoms with Gasteiger partial charge < -0.3 is 14.7 Å². The first kappa shape index (κ1) is 18.3. The number of β-amino-alcohol motifs (C(OH)–C–C–N with tert-alkyl or cyclic N) is 1. The summed E-state index contributed by atoms with van der Waals surface area (Å²) in [5.41, 5.74) is 0.513. The minimum absolute atomic E-state index is 0.0596. The van der Waals surface area contributed by atoms with E-state index in [1.165, 1.54) is 12.1 Å². The molecule has 0 spiro atoms. The number of aliphatic hydroxyl groups excluding tert-OH is 1. The van der Waals surface area contributed by atoms with Crippen molar-refractivity contribution in [3.8, 4) is 0 Å². The van der Waals surface area contributed by atoms with E-state index in [1.807, 2.05) is 4.90 Å². The Balaban J connectivity index is 1.63. The van der Waals surface area contributed by atoms with Crippen LogP contribution in [0.4, 0.5) is 4.39 Å². The van der Waals surface area contributed by atoms with E-state index in [1.54, 1.807) is 19.1 Å². The maximum absolute atomic E-state index is 13.1. The summed E-state index contributed by atoms with van der Waals surface area (Å²) >= 11 is 0. The number of hydrogen-bond acceptors (Lipinski definition) is 4. The minimum Gasteiger partial charge on any atom is -0.392 e. The summed E-state index contributed by atoms with van der Waals surface area (Å²) in [5.74, 6) is 0.166. The predicted molar refractivity (Wildman–Crippen MR) is 92.9 cm³/mol. The molecule has 2 atom stereocenters. The number of halogens is 1. The van der Waals surface area contributed by atoms with E-state index in [9.17, 15) is 14.3 Å². The van der Waals surface area contributed by atoms with E-state index in [0.717, 1.165) is 25.9 Å². The van der Waals surface area contributed by atoms with Crippen LogP contribution in [0, 0.1) is 11.7 Å². The first-order chi connectivity index (χ1) is 12.0. The molecule has 138 valence electrons. The average Bonchev–Trinajstić information content (AvgIpc) is 3.38. The molecule has 25 heavy (non-hydrogen) atoms. The van der Waals surface area contributed by atoms with Crippen LogP contribution in [-0.4, -0.2) is 72.4 Å². The predicted octanol–water partition coefficient (Wildman–Crippen LogP) is 1.76. The lowest BCUT2D eigenvalue weighted by Gasteiger charge is -2.36. The highest BCUT2D eigenvalue weighted by molar-refractivity contribution is 5.94. The smallest absolute Gasteiger partial charge is 0.253 e. The van der Waals surface area contributed by atoms with Crippen molar-refractivity contribution in [2.24, 2.45) is 5.92 Å². The van der Waals surface area contributed by atoms with Crippen LogP contribution < -0.4 is 0 Å². The Morgan fingerprint density at radius 3 is 2.72 bits per heavy atom. The zero-order chi connectivity index (χ0) is 17.8. The molecule has 0 aromatic heterocycles. The fourth-order valence-electron chi connectivity index (χ4n) is 3.30. The Hall–Kier alpha value is -1.50. The normalized spacial score (nSPS) is 22.6. The molecule has 3 rings (SSSR count). The first-order valence-corrected chi connectivity index (χ1v) is 9.08. The Morgan fingerprint density at radius 2 is 2.08 bits per heavy atom. The SMILES string of the molecule is CC(O)CN1CCOC(CN(CC2CC2)C(=O)c2ccc(F)cc2)C1. The number of carbonyl (C=O) groups is 1. The van der Waals surface area contributed by atoms with E-state index in [2.05, 4.69) is 4.90 Å². The van der Waals surface area contributed by atoms with Crippen molar-refractivity contribution in [3.63, 3.8) is 0 Å². The molecule has 0 radical (unpaired) electrons. The van der Waals surface area contributed by atoms with E-state index in [0.29, 0.717) is 37.7 Å².